The maximum atomic E-state index is 6.96. The fourth-order valence-electron chi connectivity index (χ4n) is 0.869. The molecule has 1 aliphatic rings. The highest BCUT2D eigenvalue weighted by Gasteiger charge is 2.13. The van der Waals surface area contributed by atoms with Crippen LogP contribution in [-0.2, 0) is 0 Å². The number of nitrogens with zero attached hydrogens (tertiary/aromatic N) is 2. The van der Waals surface area contributed by atoms with Crippen LogP contribution in [0.1, 0.15) is 20.3 Å². The molecular weight excluding hydrogens is 170 g/mol. The predicted molar refractivity (Wildman–Crippen MR) is 54.8 cm³/mol. The average Bonchev–Trinajstić information content (AvgIpc) is 2.15. The Morgan fingerprint density at radius 3 is 3.33 bits per heavy atom. The Hall–Kier alpha value is -0.510. The lowest BCUT2D eigenvalue weighted by atomic mass is 10.3. The molecule has 0 aromatic rings. The highest BCUT2D eigenvalue weighted by molar-refractivity contribution is 8.13. The summed E-state index contributed by atoms with van der Waals surface area (Å²) in [5.41, 5.74) is 0. The molecule has 1 aliphatic heterocycles. The first-order valence-corrected chi connectivity index (χ1v) is 5.19. The normalized spacial score (nSPS) is 24.1. The van der Waals surface area contributed by atoms with E-state index in [9.17, 15) is 0 Å². The van der Waals surface area contributed by atoms with E-state index in [0.29, 0.717) is 11.1 Å². The summed E-state index contributed by atoms with van der Waals surface area (Å²) in [6.45, 7) is 5.05. The molecule has 4 heteroatoms. The molecule has 1 fully saturated rings. The van der Waals surface area contributed by atoms with E-state index in [1.165, 1.54) is 0 Å². The van der Waals surface area contributed by atoms with Crippen LogP contribution in [0, 0.1) is 11.3 Å². The zero-order valence-corrected chi connectivity index (χ0v) is 8.34. The molecule has 0 radical (unpaired) electrons. The number of hydrogen-bond acceptors (Lipinski definition) is 3. The molecule has 1 saturated heterocycles. The molecule has 3 nitrogen and oxygen atoms in total. The third kappa shape index (κ3) is 2.85. The molecule has 0 saturated carbocycles. The van der Waals surface area contributed by atoms with E-state index in [1.807, 2.05) is 6.21 Å². The van der Waals surface area contributed by atoms with Crippen molar-refractivity contribution in [2.75, 3.05) is 12.3 Å². The van der Waals surface area contributed by atoms with Crippen molar-refractivity contribution in [3.05, 3.63) is 0 Å². The minimum absolute atomic E-state index is 0.443. The summed E-state index contributed by atoms with van der Waals surface area (Å²) < 4.78 is 6.96. The minimum Gasteiger partial charge on any atom is -0.277 e. The molecule has 1 N–H and O–H groups in total. The van der Waals surface area contributed by atoms with E-state index in [0.717, 1.165) is 18.7 Å². The Labute approximate surface area is 79.2 Å². The molecule has 0 aromatic heterocycles. The van der Waals surface area contributed by atoms with E-state index in [2.05, 4.69) is 24.4 Å². The molecule has 1 heterocycles. The van der Waals surface area contributed by atoms with Crippen molar-refractivity contribution in [1.82, 2.24) is 5.01 Å². The number of hydrogen-bond donors (Lipinski definition) is 1. The highest BCUT2D eigenvalue weighted by atomic mass is 32.2. The summed E-state index contributed by atoms with van der Waals surface area (Å²) in [4.78, 5) is 0. The van der Waals surface area contributed by atoms with Crippen molar-refractivity contribution in [2.24, 2.45) is 11.0 Å². The molecule has 0 aromatic carbocycles. The quantitative estimate of drug-likeness (QED) is 0.670. The maximum Gasteiger partial charge on any atom is 0.190 e. The second-order valence-electron chi connectivity index (χ2n) is 3.12. The Bertz CT molecular complexity index is 215. The van der Waals surface area contributed by atoms with Crippen LogP contribution in [0.2, 0.25) is 1.41 Å². The van der Waals surface area contributed by atoms with Crippen LogP contribution < -0.4 is 0 Å². The third-order valence-electron chi connectivity index (χ3n) is 1.47. The van der Waals surface area contributed by atoms with Crippen molar-refractivity contribution >= 4 is 23.1 Å². The SMILES string of the molecule is [2H]N=C1SCCCN1/N=C/C(C)C. The second-order valence-corrected chi connectivity index (χ2v) is 4.18. The van der Waals surface area contributed by atoms with E-state index in [-0.39, 0.29) is 0 Å². The van der Waals surface area contributed by atoms with Crippen molar-refractivity contribution in [1.29, 1.82) is 5.40 Å². The summed E-state index contributed by atoms with van der Waals surface area (Å²) in [5.74, 6) is 1.49. The van der Waals surface area contributed by atoms with Crippen LogP contribution in [-0.4, -0.2) is 28.7 Å². The van der Waals surface area contributed by atoms with Crippen molar-refractivity contribution in [3.8, 4) is 0 Å². The lowest BCUT2D eigenvalue weighted by Gasteiger charge is -2.23. The van der Waals surface area contributed by atoms with Crippen LogP contribution in [0.3, 0.4) is 0 Å². The first kappa shape index (κ1) is 8.10. The fraction of sp³-hybridized carbons (Fsp3) is 0.750. The lowest BCUT2D eigenvalue weighted by Crippen LogP contribution is -2.28. The average molecular weight is 186 g/mol. The summed E-state index contributed by atoms with van der Waals surface area (Å²) in [7, 11) is 0. The molecule has 0 spiro atoms. The van der Waals surface area contributed by atoms with Crippen molar-refractivity contribution < 1.29 is 1.41 Å². The molecule has 0 bridgehead atoms. The van der Waals surface area contributed by atoms with Gasteiger partial charge in [0.05, 0.1) is 0 Å². The summed E-state index contributed by atoms with van der Waals surface area (Å²) >= 11 is 1.60. The van der Waals surface area contributed by atoms with Gasteiger partial charge in [-0.1, -0.05) is 25.6 Å². The zero-order valence-electron chi connectivity index (χ0n) is 8.53. The maximum absolute atomic E-state index is 6.96. The van der Waals surface area contributed by atoms with Gasteiger partial charge in [0.25, 0.3) is 0 Å². The minimum atomic E-state index is 0.443. The van der Waals surface area contributed by atoms with Gasteiger partial charge in [0, 0.05) is 18.5 Å². The molecular formula is C8H15N3S. The van der Waals surface area contributed by atoms with Crippen LogP contribution in [0.4, 0.5) is 0 Å². The van der Waals surface area contributed by atoms with Gasteiger partial charge in [-0.25, -0.2) is 5.01 Å². The van der Waals surface area contributed by atoms with Gasteiger partial charge in [0.1, 0.15) is 0 Å². The summed E-state index contributed by atoms with van der Waals surface area (Å²) in [6.07, 6.45) is 3.00. The first-order chi connectivity index (χ1) is 6.24. The Morgan fingerprint density at radius 2 is 2.67 bits per heavy atom. The smallest absolute Gasteiger partial charge is 0.190 e. The standard InChI is InChI=1S/C8H15N3S/c1-7(2)6-10-11-4-3-5-12-8(11)9/h6-7,9H,3-5H2,1-2H3/b9-8?,10-6+/i/hD. The first-order valence-electron chi connectivity index (χ1n) is 4.65. The van der Waals surface area contributed by atoms with Crippen LogP contribution in [0.25, 0.3) is 0 Å². The Balaban J connectivity index is 2.55. The Kier molecular flexibility index (Phi) is 3.04. The Morgan fingerprint density at radius 1 is 1.83 bits per heavy atom. The molecule has 1 rings (SSSR count). The largest absolute Gasteiger partial charge is 0.277 e. The number of rotatable bonds is 2. The molecule has 12 heavy (non-hydrogen) atoms. The number of amidine groups is 1. The molecule has 68 valence electrons. The van der Waals surface area contributed by atoms with E-state index in [1.54, 1.807) is 16.8 Å². The summed E-state index contributed by atoms with van der Waals surface area (Å²) in [5, 5.41) is 10.2. The molecule has 0 aliphatic carbocycles. The fourth-order valence-corrected chi connectivity index (χ4v) is 1.61. The molecule has 0 atom stereocenters. The van der Waals surface area contributed by atoms with Gasteiger partial charge in [-0.3, -0.25) is 5.40 Å². The predicted octanol–water partition coefficient (Wildman–Crippen LogP) is 2.00. The number of hydrazone groups is 1. The van der Waals surface area contributed by atoms with E-state index < -0.39 is 0 Å². The number of thioether (sulfide) groups is 1. The molecule has 0 amide bonds. The third-order valence-corrected chi connectivity index (χ3v) is 2.43. The van der Waals surface area contributed by atoms with Gasteiger partial charge in [0.2, 0.25) is 0 Å². The number of nitrogens with one attached hydrogen (secondary N) is 1. The van der Waals surface area contributed by atoms with Crippen LogP contribution >= 0.6 is 11.8 Å². The van der Waals surface area contributed by atoms with Crippen LogP contribution in [0.5, 0.6) is 0 Å². The van der Waals surface area contributed by atoms with E-state index in [4.69, 9.17) is 1.41 Å². The summed E-state index contributed by atoms with van der Waals surface area (Å²) in [6, 6.07) is 0. The van der Waals surface area contributed by atoms with Crippen molar-refractivity contribution in [2.45, 2.75) is 20.3 Å². The van der Waals surface area contributed by atoms with Gasteiger partial charge >= 0.3 is 0 Å². The lowest BCUT2D eigenvalue weighted by molar-refractivity contribution is 0.444. The monoisotopic (exact) mass is 186 g/mol. The van der Waals surface area contributed by atoms with Gasteiger partial charge in [-0.15, -0.1) is 0 Å². The van der Waals surface area contributed by atoms with Gasteiger partial charge in [-0.05, 0) is 12.3 Å². The zero-order chi connectivity index (χ0) is 9.68. The molecule has 0 unspecified atom stereocenters. The van der Waals surface area contributed by atoms with Crippen LogP contribution in [0.15, 0.2) is 5.10 Å². The van der Waals surface area contributed by atoms with Gasteiger partial charge < -0.3 is 0 Å². The van der Waals surface area contributed by atoms with Gasteiger partial charge in [0.15, 0.2) is 6.58 Å². The second kappa shape index (κ2) is 4.50. The van der Waals surface area contributed by atoms with Gasteiger partial charge in [-0.2, -0.15) is 5.10 Å². The highest BCUT2D eigenvalue weighted by Crippen LogP contribution is 2.15. The van der Waals surface area contributed by atoms with E-state index >= 15 is 0 Å². The van der Waals surface area contributed by atoms with Crippen molar-refractivity contribution in [3.63, 3.8) is 0 Å². The topological polar surface area (TPSA) is 39.5 Å².